The average molecular weight is 585 g/mol. The molecule has 184 valence electrons. The van der Waals surface area contributed by atoms with Crippen molar-refractivity contribution in [3.05, 3.63) is 93.9 Å². The van der Waals surface area contributed by atoms with Crippen molar-refractivity contribution >= 4 is 62.8 Å². The molecule has 0 bridgehead atoms. The van der Waals surface area contributed by atoms with E-state index in [1.807, 2.05) is 60.7 Å². The third kappa shape index (κ3) is 4.85. The predicted octanol–water partition coefficient (Wildman–Crippen LogP) is 6.14. The van der Waals surface area contributed by atoms with Gasteiger partial charge in [0.25, 0.3) is 5.91 Å². The van der Waals surface area contributed by atoms with Crippen LogP contribution in [0, 0.1) is 0 Å². The summed E-state index contributed by atoms with van der Waals surface area (Å²) in [4.78, 5) is 21.4. The number of nitrogens with zero attached hydrogens (tertiary/aromatic N) is 3. The topological polar surface area (TPSA) is 54.4 Å². The number of aliphatic imine (C=N–C) groups is 1. The van der Waals surface area contributed by atoms with Crippen LogP contribution in [0.3, 0.4) is 0 Å². The van der Waals surface area contributed by atoms with E-state index in [1.54, 1.807) is 22.7 Å². The first kappa shape index (κ1) is 24.7. The number of thioether (sulfide) groups is 1. The van der Waals surface area contributed by atoms with E-state index in [0.29, 0.717) is 29.6 Å². The van der Waals surface area contributed by atoms with E-state index in [0.717, 1.165) is 46.4 Å². The average Bonchev–Trinajstić information content (AvgIpc) is 3.50. The molecule has 0 atom stereocenters. The highest BCUT2D eigenvalue weighted by atomic mass is 79.9. The summed E-state index contributed by atoms with van der Waals surface area (Å²) < 4.78 is 11.9. The summed E-state index contributed by atoms with van der Waals surface area (Å²) in [5.41, 5.74) is 4.68. The van der Waals surface area contributed by atoms with Gasteiger partial charge in [-0.3, -0.25) is 9.79 Å². The highest BCUT2D eigenvalue weighted by Gasteiger charge is 2.34. The summed E-state index contributed by atoms with van der Waals surface area (Å²) in [7, 11) is 0. The molecule has 0 N–H and O–H groups in total. The fourth-order valence-electron chi connectivity index (χ4n) is 4.39. The zero-order chi connectivity index (χ0) is 23.8. The maximum absolute atomic E-state index is 12.9. The fraction of sp³-hybridized carbons (Fsp3) is 0.185. The molecule has 9 heteroatoms. The highest BCUT2D eigenvalue weighted by molar-refractivity contribution is 8.93. The Morgan fingerprint density at radius 2 is 1.86 bits per heavy atom. The predicted molar refractivity (Wildman–Crippen MR) is 150 cm³/mol. The lowest BCUT2D eigenvalue weighted by Gasteiger charge is -2.32. The van der Waals surface area contributed by atoms with Crippen LogP contribution >= 0.6 is 40.3 Å². The van der Waals surface area contributed by atoms with Gasteiger partial charge in [0.15, 0.2) is 17.5 Å². The number of amidine groups is 1. The molecule has 6 nitrogen and oxygen atoms in total. The van der Waals surface area contributed by atoms with Crippen LogP contribution in [-0.4, -0.2) is 35.7 Å². The lowest BCUT2D eigenvalue weighted by molar-refractivity contribution is -0.121. The fourth-order valence-corrected chi connectivity index (χ4v) is 5.55. The number of rotatable bonds is 6. The lowest BCUT2D eigenvalue weighted by atomic mass is 10.1. The third-order valence-corrected chi connectivity index (χ3v) is 7.24. The number of hydrogen-bond donors (Lipinski definition) is 0. The number of halogens is 2. The first-order valence-corrected chi connectivity index (χ1v) is 12.6. The van der Waals surface area contributed by atoms with Crippen molar-refractivity contribution in [3.63, 3.8) is 0 Å². The quantitative estimate of drug-likeness (QED) is 0.348. The standard InChI is InChI=1S/C27H22ClN3O3S.BrH/c28-20-12-22(24-17-35-27-29-10-11-30(24)27)26-23(13-20)31(25(32)16-34-26)14-18-6-8-21(9-7-18)33-15-19-4-2-1-3-5-19;/h1-9,12-13,17H,10-11,14-16H2;1H. The van der Waals surface area contributed by atoms with E-state index in [9.17, 15) is 4.79 Å². The number of benzene rings is 3. The first-order chi connectivity index (χ1) is 17.2. The third-order valence-electron chi connectivity index (χ3n) is 6.12. The van der Waals surface area contributed by atoms with Crippen molar-refractivity contribution in [3.8, 4) is 11.5 Å². The van der Waals surface area contributed by atoms with Gasteiger partial charge in [-0.15, -0.1) is 17.0 Å². The number of carbonyl (C=O) groups is 1. The van der Waals surface area contributed by atoms with Crippen molar-refractivity contribution in [1.29, 1.82) is 0 Å². The van der Waals surface area contributed by atoms with Crippen LogP contribution in [0.25, 0.3) is 5.70 Å². The molecule has 0 unspecified atom stereocenters. The highest BCUT2D eigenvalue weighted by Crippen LogP contribution is 2.46. The number of hydrogen-bond acceptors (Lipinski definition) is 6. The van der Waals surface area contributed by atoms with Crippen LogP contribution in [0.4, 0.5) is 5.69 Å². The second-order valence-electron chi connectivity index (χ2n) is 8.43. The van der Waals surface area contributed by atoms with Crippen LogP contribution < -0.4 is 14.4 Å². The summed E-state index contributed by atoms with van der Waals surface area (Å²) in [6, 6.07) is 21.6. The van der Waals surface area contributed by atoms with E-state index in [4.69, 9.17) is 21.1 Å². The van der Waals surface area contributed by atoms with Gasteiger partial charge in [0.05, 0.1) is 24.5 Å². The maximum Gasteiger partial charge on any atom is 0.265 e. The largest absolute Gasteiger partial charge is 0.489 e. The molecule has 0 fully saturated rings. The molecular formula is C27H23BrClN3O3S. The summed E-state index contributed by atoms with van der Waals surface area (Å²) in [6.07, 6.45) is 0. The van der Waals surface area contributed by atoms with Crippen molar-refractivity contribution in [2.75, 3.05) is 24.6 Å². The smallest absolute Gasteiger partial charge is 0.265 e. The van der Waals surface area contributed by atoms with Crippen molar-refractivity contribution < 1.29 is 14.3 Å². The zero-order valence-electron chi connectivity index (χ0n) is 19.2. The minimum absolute atomic E-state index is 0. The second-order valence-corrected chi connectivity index (χ2v) is 9.70. The van der Waals surface area contributed by atoms with Gasteiger partial charge in [-0.05, 0) is 35.4 Å². The number of fused-ring (bicyclic) bond motifs is 2. The number of amides is 1. The summed E-state index contributed by atoms with van der Waals surface area (Å²) >= 11 is 8.14. The van der Waals surface area contributed by atoms with Crippen LogP contribution in [0.5, 0.6) is 11.5 Å². The zero-order valence-corrected chi connectivity index (χ0v) is 22.5. The summed E-state index contributed by atoms with van der Waals surface area (Å²) in [5.74, 6) is 1.36. The van der Waals surface area contributed by atoms with Gasteiger partial charge in [-0.2, -0.15) is 0 Å². The molecular weight excluding hydrogens is 562 g/mol. The second kappa shape index (κ2) is 10.6. The molecule has 6 rings (SSSR count). The van der Waals surface area contributed by atoms with Crippen molar-refractivity contribution in [2.24, 2.45) is 4.99 Å². The summed E-state index contributed by atoms with van der Waals surface area (Å²) in [5, 5.41) is 3.62. The van der Waals surface area contributed by atoms with E-state index in [-0.39, 0.29) is 29.5 Å². The van der Waals surface area contributed by atoms with Gasteiger partial charge in [0.2, 0.25) is 0 Å². The molecule has 0 saturated heterocycles. The van der Waals surface area contributed by atoms with Crippen LogP contribution in [0.15, 0.2) is 77.1 Å². The minimum atomic E-state index is -0.103. The Labute approximate surface area is 229 Å². The van der Waals surface area contributed by atoms with E-state index >= 15 is 0 Å². The van der Waals surface area contributed by atoms with Crippen LogP contribution in [-0.2, 0) is 17.9 Å². The van der Waals surface area contributed by atoms with Crippen molar-refractivity contribution in [2.45, 2.75) is 13.2 Å². The molecule has 1 amide bonds. The Bertz CT molecular complexity index is 1350. The van der Waals surface area contributed by atoms with Gasteiger partial charge in [0.1, 0.15) is 12.4 Å². The molecule has 0 saturated carbocycles. The summed E-state index contributed by atoms with van der Waals surface area (Å²) in [6.45, 7) is 2.52. The molecule has 3 aliphatic heterocycles. The Morgan fingerprint density at radius 3 is 2.67 bits per heavy atom. The molecule has 0 aliphatic carbocycles. The molecule has 0 radical (unpaired) electrons. The van der Waals surface area contributed by atoms with Gasteiger partial charge >= 0.3 is 0 Å². The molecule has 0 aromatic heterocycles. The van der Waals surface area contributed by atoms with Crippen LogP contribution in [0.2, 0.25) is 5.02 Å². The Hall–Kier alpha value is -2.94. The monoisotopic (exact) mass is 583 g/mol. The molecule has 3 aromatic carbocycles. The minimum Gasteiger partial charge on any atom is -0.489 e. The maximum atomic E-state index is 12.9. The molecule has 3 aromatic rings. The van der Waals surface area contributed by atoms with E-state index < -0.39 is 0 Å². The first-order valence-electron chi connectivity index (χ1n) is 11.4. The van der Waals surface area contributed by atoms with Crippen LogP contribution in [0.1, 0.15) is 16.7 Å². The van der Waals surface area contributed by atoms with Gasteiger partial charge < -0.3 is 19.3 Å². The Morgan fingerprint density at radius 1 is 1.06 bits per heavy atom. The molecule has 3 aliphatic rings. The van der Waals surface area contributed by atoms with Gasteiger partial charge in [-0.1, -0.05) is 65.8 Å². The normalized spacial score (nSPS) is 16.0. The van der Waals surface area contributed by atoms with E-state index in [1.165, 1.54) is 0 Å². The molecule has 0 spiro atoms. The Kier molecular flexibility index (Phi) is 7.27. The van der Waals surface area contributed by atoms with Gasteiger partial charge in [-0.25, -0.2) is 0 Å². The van der Waals surface area contributed by atoms with Crippen molar-refractivity contribution in [1.82, 2.24) is 4.90 Å². The van der Waals surface area contributed by atoms with E-state index in [2.05, 4.69) is 15.3 Å². The number of carbonyl (C=O) groups excluding carboxylic acids is 1. The lowest BCUT2D eigenvalue weighted by Crippen LogP contribution is -2.38. The van der Waals surface area contributed by atoms with Gasteiger partial charge in [0, 0.05) is 22.5 Å². The Balaban J connectivity index is 0.00000267. The molecule has 36 heavy (non-hydrogen) atoms. The number of anilines is 1. The number of ether oxygens (including phenoxy) is 2. The SMILES string of the molecule is Br.O=C1COc2c(C3=CSC4=NCCN34)cc(Cl)cc2N1Cc1ccc(OCc2ccccc2)cc1. The molecule has 3 heterocycles.